The molecule has 1 aliphatic heterocycles. The highest BCUT2D eigenvalue weighted by Gasteiger charge is 2.18. The number of likely N-dealkylation sites (N-methyl/N-ethyl adjacent to an activating group) is 1. The largest absolute Gasteiger partial charge is 0.374 e. The van der Waals surface area contributed by atoms with Crippen molar-refractivity contribution in [1.29, 1.82) is 0 Å². The molecule has 4 heteroatoms. The molecule has 18 heavy (non-hydrogen) atoms. The van der Waals surface area contributed by atoms with Crippen LogP contribution in [0, 0.1) is 5.82 Å². The predicted molar refractivity (Wildman–Crippen MR) is 69.1 cm³/mol. The Hall–Kier alpha value is -1.39. The van der Waals surface area contributed by atoms with E-state index in [0.717, 1.165) is 31.8 Å². The number of morpholine rings is 1. The van der Waals surface area contributed by atoms with E-state index in [9.17, 15) is 4.39 Å². The van der Waals surface area contributed by atoms with Crippen LogP contribution in [0.1, 0.15) is 0 Å². The fraction of sp³-hybridized carbons (Fsp3) is 0.429. The number of halogens is 1. The number of fused-ring (bicyclic) bond motifs is 1. The SMILES string of the molecule is CN1CCOC(Cn2ccc3c(F)cccc32)C1. The smallest absolute Gasteiger partial charge is 0.132 e. The second kappa shape index (κ2) is 4.71. The Labute approximate surface area is 106 Å². The molecule has 2 aromatic rings. The number of hydrogen-bond acceptors (Lipinski definition) is 2. The summed E-state index contributed by atoms with van der Waals surface area (Å²) in [7, 11) is 2.10. The van der Waals surface area contributed by atoms with Crippen LogP contribution in [0.15, 0.2) is 30.5 Å². The van der Waals surface area contributed by atoms with Gasteiger partial charge in [0, 0.05) is 24.7 Å². The van der Waals surface area contributed by atoms with E-state index in [2.05, 4.69) is 16.5 Å². The average molecular weight is 248 g/mol. The van der Waals surface area contributed by atoms with Crippen LogP contribution in [-0.2, 0) is 11.3 Å². The quantitative estimate of drug-likeness (QED) is 0.810. The third-order valence-electron chi connectivity index (χ3n) is 3.50. The molecule has 0 bridgehead atoms. The second-order valence-corrected chi connectivity index (χ2v) is 4.90. The molecule has 0 aliphatic carbocycles. The lowest BCUT2D eigenvalue weighted by atomic mass is 10.2. The minimum atomic E-state index is -0.159. The van der Waals surface area contributed by atoms with Gasteiger partial charge in [-0.15, -0.1) is 0 Å². The van der Waals surface area contributed by atoms with Gasteiger partial charge < -0.3 is 14.2 Å². The Morgan fingerprint density at radius 2 is 2.28 bits per heavy atom. The number of benzene rings is 1. The van der Waals surface area contributed by atoms with Crippen molar-refractivity contribution in [2.24, 2.45) is 0 Å². The van der Waals surface area contributed by atoms with Gasteiger partial charge in [-0.1, -0.05) is 6.07 Å². The summed E-state index contributed by atoms with van der Waals surface area (Å²) in [6, 6.07) is 7.03. The van der Waals surface area contributed by atoms with Gasteiger partial charge in [0.15, 0.2) is 0 Å². The van der Waals surface area contributed by atoms with Crippen LogP contribution in [-0.4, -0.2) is 42.3 Å². The van der Waals surface area contributed by atoms with Crippen molar-refractivity contribution in [3.05, 3.63) is 36.3 Å². The molecule has 1 aromatic carbocycles. The minimum Gasteiger partial charge on any atom is -0.374 e. The molecule has 0 saturated carbocycles. The highest BCUT2D eigenvalue weighted by atomic mass is 19.1. The van der Waals surface area contributed by atoms with E-state index in [1.54, 1.807) is 6.07 Å². The van der Waals surface area contributed by atoms with Crippen LogP contribution in [0.4, 0.5) is 4.39 Å². The average Bonchev–Trinajstić information content (AvgIpc) is 2.74. The van der Waals surface area contributed by atoms with Gasteiger partial charge in [-0.3, -0.25) is 0 Å². The second-order valence-electron chi connectivity index (χ2n) is 4.90. The van der Waals surface area contributed by atoms with E-state index in [4.69, 9.17) is 4.74 Å². The van der Waals surface area contributed by atoms with Crippen molar-refractivity contribution in [3.63, 3.8) is 0 Å². The summed E-state index contributed by atoms with van der Waals surface area (Å²) < 4.78 is 21.4. The molecule has 1 atom stereocenters. The van der Waals surface area contributed by atoms with E-state index in [1.807, 2.05) is 18.3 Å². The summed E-state index contributed by atoms with van der Waals surface area (Å²) >= 11 is 0. The summed E-state index contributed by atoms with van der Waals surface area (Å²) in [6.45, 7) is 3.46. The summed E-state index contributed by atoms with van der Waals surface area (Å²) in [5, 5.41) is 0.682. The summed E-state index contributed by atoms with van der Waals surface area (Å²) in [5.74, 6) is -0.159. The molecule has 0 amide bonds. The molecule has 2 heterocycles. The molecule has 1 saturated heterocycles. The molecule has 3 rings (SSSR count). The zero-order valence-corrected chi connectivity index (χ0v) is 10.5. The fourth-order valence-corrected chi connectivity index (χ4v) is 2.54. The molecule has 0 radical (unpaired) electrons. The molecular formula is C14H17FN2O. The van der Waals surface area contributed by atoms with Crippen molar-refractivity contribution in [2.45, 2.75) is 12.6 Å². The molecule has 1 aromatic heterocycles. The van der Waals surface area contributed by atoms with Gasteiger partial charge in [0.1, 0.15) is 5.82 Å². The highest BCUT2D eigenvalue weighted by Crippen LogP contribution is 2.20. The van der Waals surface area contributed by atoms with Crippen LogP contribution < -0.4 is 0 Å². The van der Waals surface area contributed by atoms with Crippen molar-refractivity contribution in [2.75, 3.05) is 26.7 Å². The Balaban J connectivity index is 1.84. The maximum Gasteiger partial charge on any atom is 0.132 e. The number of nitrogens with zero attached hydrogens (tertiary/aromatic N) is 2. The number of aromatic nitrogens is 1. The Kier molecular flexibility index (Phi) is 3.06. The summed E-state index contributed by atoms with van der Waals surface area (Å²) in [5.41, 5.74) is 0.937. The van der Waals surface area contributed by atoms with Crippen molar-refractivity contribution < 1.29 is 9.13 Å². The molecule has 0 N–H and O–H groups in total. The summed E-state index contributed by atoms with van der Waals surface area (Å²) in [4.78, 5) is 2.26. The zero-order valence-electron chi connectivity index (χ0n) is 10.5. The van der Waals surface area contributed by atoms with E-state index in [0.29, 0.717) is 5.39 Å². The monoisotopic (exact) mass is 248 g/mol. The number of ether oxygens (including phenoxy) is 1. The molecule has 1 fully saturated rings. The van der Waals surface area contributed by atoms with E-state index in [1.165, 1.54) is 6.07 Å². The standard InChI is InChI=1S/C14H17FN2O/c1-16-7-8-18-11(9-16)10-17-6-5-12-13(15)3-2-4-14(12)17/h2-6,11H,7-10H2,1H3. The van der Waals surface area contributed by atoms with Gasteiger partial charge in [-0.25, -0.2) is 4.39 Å². The first-order valence-corrected chi connectivity index (χ1v) is 6.27. The Bertz CT molecular complexity index is 552. The molecule has 96 valence electrons. The lowest BCUT2D eigenvalue weighted by molar-refractivity contribution is -0.0269. The number of hydrogen-bond donors (Lipinski definition) is 0. The maximum atomic E-state index is 13.6. The van der Waals surface area contributed by atoms with Gasteiger partial charge in [0.2, 0.25) is 0 Å². The van der Waals surface area contributed by atoms with Gasteiger partial charge in [-0.05, 0) is 25.2 Å². The zero-order chi connectivity index (χ0) is 12.5. The van der Waals surface area contributed by atoms with Crippen molar-refractivity contribution in [3.8, 4) is 0 Å². The maximum absolute atomic E-state index is 13.6. The van der Waals surface area contributed by atoms with Crippen molar-refractivity contribution in [1.82, 2.24) is 9.47 Å². The van der Waals surface area contributed by atoms with E-state index >= 15 is 0 Å². The lowest BCUT2D eigenvalue weighted by Crippen LogP contribution is -2.41. The highest BCUT2D eigenvalue weighted by molar-refractivity contribution is 5.80. The number of rotatable bonds is 2. The van der Waals surface area contributed by atoms with Crippen LogP contribution in [0.3, 0.4) is 0 Å². The topological polar surface area (TPSA) is 17.4 Å². The fourth-order valence-electron chi connectivity index (χ4n) is 2.54. The molecular weight excluding hydrogens is 231 g/mol. The normalized spacial score (nSPS) is 21.6. The molecule has 1 aliphatic rings. The molecule has 1 unspecified atom stereocenters. The van der Waals surface area contributed by atoms with Crippen LogP contribution in [0.25, 0.3) is 10.9 Å². The minimum absolute atomic E-state index is 0.159. The first kappa shape index (κ1) is 11.7. The Morgan fingerprint density at radius 1 is 1.39 bits per heavy atom. The first-order valence-electron chi connectivity index (χ1n) is 6.27. The summed E-state index contributed by atoms with van der Waals surface area (Å²) in [6.07, 6.45) is 2.12. The van der Waals surface area contributed by atoms with E-state index < -0.39 is 0 Å². The van der Waals surface area contributed by atoms with Crippen LogP contribution in [0.5, 0.6) is 0 Å². The lowest BCUT2D eigenvalue weighted by Gasteiger charge is -2.30. The predicted octanol–water partition coefficient (Wildman–Crippen LogP) is 2.11. The third kappa shape index (κ3) is 2.13. The third-order valence-corrected chi connectivity index (χ3v) is 3.50. The molecule has 0 spiro atoms. The van der Waals surface area contributed by atoms with Gasteiger partial charge in [0.25, 0.3) is 0 Å². The Morgan fingerprint density at radius 3 is 3.11 bits per heavy atom. The van der Waals surface area contributed by atoms with Crippen LogP contribution >= 0.6 is 0 Å². The van der Waals surface area contributed by atoms with Gasteiger partial charge >= 0.3 is 0 Å². The molecule has 3 nitrogen and oxygen atoms in total. The first-order chi connectivity index (χ1) is 8.74. The van der Waals surface area contributed by atoms with Crippen molar-refractivity contribution >= 4 is 10.9 Å². The van der Waals surface area contributed by atoms with E-state index in [-0.39, 0.29) is 11.9 Å². The van der Waals surface area contributed by atoms with Gasteiger partial charge in [0.05, 0.1) is 24.8 Å². The van der Waals surface area contributed by atoms with Crippen LogP contribution in [0.2, 0.25) is 0 Å². The van der Waals surface area contributed by atoms with Gasteiger partial charge in [-0.2, -0.15) is 0 Å².